The summed E-state index contributed by atoms with van der Waals surface area (Å²) in [5, 5.41) is 8.85. The lowest BCUT2D eigenvalue weighted by Gasteiger charge is -2.29. The zero-order chi connectivity index (χ0) is 17.6. The van der Waals surface area contributed by atoms with E-state index in [0.717, 1.165) is 30.2 Å². The second kappa shape index (κ2) is 8.65. The Bertz CT molecular complexity index is 626. The minimum atomic E-state index is -0.371. The first-order chi connectivity index (χ1) is 12.2. The minimum absolute atomic E-state index is 0.151. The highest BCUT2D eigenvalue weighted by Gasteiger charge is 2.23. The lowest BCUT2D eigenvalue weighted by Crippen LogP contribution is -2.14. The molecule has 0 N–H and O–H groups in total. The lowest BCUT2D eigenvalue weighted by atomic mass is 9.77. The van der Waals surface area contributed by atoms with E-state index in [9.17, 15) is 4.39 Å². The molecule has 0 bridgehead atoms. The van der Waals surface area contributed by atoms with Gasteiger partial charge in [-0.15, -0.1) is 0 Å². The predicted molar refractivity (Wildman–Crippen MR) is 101 cm³/mol. The third-order valence-electron chi connectivity index (χ3n) is 6.48. The Balaban J connectivity index is 1.48. The van der Waals surface area contributed by atoms with E-state index in [4.69, 9.17) is 5.26 Å². The average molecular weight is 339 g/mol. The van der Waals surface area contributed by atoms with Crippen molar-refractivity contribution in [2.45, 2.75) is 70.6 Å². The Morgan fingerprint density at radius 1 is 1.00 bits per heavy atom. The zero-order valence-corrected chi connectivity index (χ0v) is 15.4. The molecule has 0 spiro atoms. The second-order valence-electron chi connectivity index (χ2n) is 8.04. The maximum absolute atomic E-state index is 13.8. The summed E-state index contributed by atoms with van der Waals surface area (Å²) < 4.78 is 13.8. The third kappa shape index (κ3) is 4.72. The van der Waals surface area contributed by atoms with E-state index < -0.39 is 0 Å². The molecule has 0 radical (unpaired) electrons. The van der Waals surface area contributed by atoms with Crippen LogP contribution in [0, 0.1) is 34.9 Å². The molecule has 0 unspecified atom stereocenters. The summed E-state index contributed by atoms with van der Waals surface area (Å²) in [7, 11) is 0. The quantitative estimate of drug-likeness (QED) is 0.557. The van der Waals surface area contributed by atoms with Gasteiger partial charge in [0.25, 0.3) is 0 Å². The van der Waals surface area contributed by atoms with E-state index in [1.54, 1.807) is 12.1 Å². The molecule has 0 saturated heterocycles. The van der Waals surface area contributed by atoms with Crippen molar-refractivity contribution >= 4 is 0 Å². The summed E-state index contributed by atoms with van der Waals surface area (Å²) in [5.74, 6) is 2.54. The first-order valence-electron chi connectivity index (χ1n) is 10.1. The molecule has 3 rings (SSSR count). The fraction of sp³-hybridized carbons (Fsp3) is 0.609. The maximum atomic E-state index is 13.8. The van der Waals surface area contributed by atoms with Crippen LogP contribution in [0.4, 0.5) is 4.39 Å². The van der Waals surface area contributed by atoms with Gasteiger partial charge in [-0.25, -0.2) is 4.39 Å². The van der Waals surface area contributed by atoms with E-state index in [-0.39, 0.29) is 11.4 Å². The third-order valence-corrected chi connectivity index (χ3v) is 6.48. The van der Waals surface area contributed by atoms with Crippen molar-refractivity contribution in [3.63, 3.8) is 0 Å². The molecule has 2 heteroatoms. The highest BCUT2D eigenvalue weighted by Crippen LogP contribution is 2.38. The normalized spacial score (nSPS) is 30.3. The molecule has 2 aliphatic carbocycles. The molecule has 2 aliphatic rings. The second-order valence-corrected chi connectivity index (χ2v) is 8.04. The Kier molecular flexibility index (Phi) is 6.29. The molecule has 0 aliphatic heterocycles. The topological polar surface area (TPSA) is 23.8 Å². The van der Waals surface area contributed by atoms with Gasteiger partial charge in [-0.2, -0.15) is 5.26 Å². The Hall–Kier alpha value is -1.62. The summed E-state index contributed by atoms with van der Waals surface area (Å²) >= 11 is 0. The summed E-state index contributed by atoms with van der Waals surface area (Å²) in [6, 6.07) is 7.04. The SMILES string of the molecule is CCC1CCC(C=CC2CCC(c3ccc(C#N)c(F)c3)CC2)CC1. The van der Waals surface area contributed by atoms with E-state index in [1.807, 2.05) is 12.1 Å². The smallest absolute Gasteiger partial charge is 0.141 e. The van der Waals surface area contributed by atoms with Crippen LogP contribution in [0.2, 0.25) is 0 Å². The van der Waals surface area contributed by atoms with Crippen molar-refractivity contribution in [1.82, 2.24) is 0 Å². The molecule has 0 amide bonds. The molecule has 1 aromatic rings. The molecule has 1 nitrogen and oxygen atoms in total. The Labute approximate surface area is 151 Å². The van der Waals surface area contributed by atoms with Crippen molar-refractivity contribution in [3.8, 4) is 6.07 Å². The van der Waals surface area contributed by atoms with Gasteiger partial charge < -0.3 is 0 Å². The Morgan fingerprint density at radius 2 is 1.60 bits per heavy atom. The number of nitriles is 1. The van der Waals surface area contributed by atoms with Crippen LogP contribution in [0.15, 0.2) is 30.4 Å². The fourth-order valence-corrected chi connectivity index (χ4v) is 4.62. The summed E-state index contributed by atoms with van der Waals surface area (Å²) in [6.07, 6.45) is 16.5. The molecule has 0 atom stereocenters. The van der Waals surface area contributed by atoms with Gasteiger partial charge in [0, 0.05) is 0 Å². The summed E-state index contributed by atoms with van der Waals surface area (Å²) in [6.45, 7) is 2.32. The van der Waals surface area contributed by atoms with Crippen molar-refractivity contribution in [2.24, 2.45) is 17.8 Å². The van der Waals surface area contributed by atoms with E-state index in [0.29, 0.717) is 11.8 Å². The van der Waals surface area contributed by atoms with Gasteiger partial charge in [-0.05, 0) is 92.7 Å². The molecule has 25 heavy (non-hydrogen) atoms. The van der Waals surface area contributed by atoms with Crippen LogP contribution in [0.1, 0.15) is 81.8 Å². The van der Waals surface area contributed by atoms with Crippen molar-refractivity contribution < 1.29 is 4.39 Å². The van der Waals surface area contributed by atoms with Crippen LogP contribution in [-0.4, -0.2) is 0 Å². The highest BCUT2D eigenvalue weighted by molar-refractivity contribution is 5.35. The van der Waals surface area contributed by atoms with Gasteiger partial charge in [-0.3, -0.25) is 0 Å². The van der Waals surface area contributed by atoms with E-state index in [2.05, 4.69) is 19.1 Å². The van der Waals surface area contributed by atoms with Crippen molar-refractivity contribution in [2.75, 3.05) is 0 Å². The standard InChI is InChI=1S/C23H30FN/c1-2-17-3-5-18(6-4-17)7-8-19-9-11-20(12-10-19)21-13-14-22(16-25)23(24)15-21/h7-8,13-15,17-20H,2-6,9-12H2,1H3. The Morgan fingerprint density at radius 3 is 2.12 bits per heavy atom. The molecule has 0 heterocycles. The lowest BCUT2D eigenvalue weighted by molar-refractivity contribution is 0.301. The fourth-order valence-electron chi connectivity index (χ4n) is 4.62. The number of hydrogen-bond acceptors (Lipinski definition) is 1. The number of allylic oxidation sites excluding steroid dienone is 2. The molecule has 2 fully saturated rings. The van der Waals surface area contributed by atoms with Gasteiger partial charge in [0.05, 0.1) is 5.56 Å². The number of halogens is 1. The maximum Gasteiger partial charge on any atom is 0.141 e. The molecular weight excluding hydrogens is 309 g/mol. The van der Waals surface area contributed by atoms with Crippen LogP contribution >= 0.6 is 0 Å². The monoisotopic (exact) mass is 339 g/mol. The molecule has 134 valence electrons. The summed E-state index contributed by atoms with van der Waals surface area (Å²) in [4.78, 5) is 0. The van der Waals surface area contributed by atoms with Gasteiger partial charge in [0.15, 0.2) is 0 Å². The summed E-state index contributed by atoms with van der Waals surface area (Å²) in [5.41, 5.74) is 1.22. The van der Waals surface area contributed by atoms with Crippen molar-refractivity contribution in [1.29, 1.82) is 5.26 Å². The average Bonchev–Trinajstić information content (AvgIpc) is 2.67. The van der Waals surface area contributed by atoms with Gasteiger partial charge >= 0.3 is 0 Å². The van der Waals surface area contributed by atoms with Crippen LogP contribution in [0.25, 0.3) is 0 Å². The van der Waals surface area contributed by atoms with E-state index in [1.165, 1.54) is 44.9 Å². The number of rotatable bonds is 4. The minimum Gasteiger partial charge on any atom is -0.206 e. The molecule has 2 saturated carbocycles. The number of benzene rings is 1. The zero-order valence-electron chi connectivity index (χ0n) is 15.4. The first-order valence-corrected chi connectivity index (χ1v) is 10.1. The molecule has 1 aromatic carbocycles. The largest absolute Gasteiger partial charge is 0.206 e. The first kappa shape index (κ1) is 18.2. The number of hydrogen-bond donors (Lipinski definition) is 0. The van der Waals surface area contributed by atoms with E-state index >= 15 is 0 Å². The van der Waals surface area contributed by atoms with Gasteiger partial charge in [0.1, 0.15) is 11.9 Å². The van der Waals surface area contributed by atoms with Gasteiger partial charge in [-0.1, -0.05) is 31.6 Å². The number of nitrogens with zero attached hydrogens (tertiary/aromatic N) is 1. The van der Waals surface area contributed by atoms with Crippen LogP contribution < -0.4 is 0 Å². The highest BCUT2D eigenvalue weighted by atomic mass is 19.1. The predicted octanol–water partition coefficient (Wildman–Crippen LogP) is 6.74. The van der Waals surface area contributed by atoms with Crippen molar-refractivity contribution in [3.05, 3.63) is 47.3 Å². The molecule has 0 aromatic heterocycles. The van der Waals surface area contributed by atoms with Crippen LogP contribution in [0.5, 0.6) is 0 Å². The molecular formula is C23H30FN. The van der Waals surface area contributed by atoms with Crippen LogP contribution in [0.3, 0.4) is 0 Å². The van der Waals surface area contributed by atoms with Crippen LogP contribution in [-0.2, 0) is 0 Å². The van der Waals surface area contributed by atoms with Gasteiger partial charge in [0.2, 0.25) is 0 Å².